The van der Waals surface area contributed by atoms with Crippen molar-refractivity contribution in [1.29, 1.82) is 0 Å². The van der Waals surface area contributed by atoms with Crippen molar-refractivity contribution in [1.82, 2.24) is 14.5 Å². The van der Waals surface area contributed by atoms with Crippen LogP contribution in [-0.2, 0) is 14.8 Å². The summed E-state index contributed by atoms with van der Waals surface area (Å²) in [6.07, 6.45) is 3.56. The van der Waals surface area contributed by atoms with Crippen molar-refractivity contribution in [2.24, 2.45) is 5.41 Å². The fourth-order valence-electron chi connectivity index (χ4n) is 3.31. The molecular formula is C13H27N3O3S. The van der Waals surface area contributed by atoms with Crippen molar-refractivity contribution < 1.29 is 13.2 Å². The molecule has 0 atom stereocenters. The number of sulfonamides is 1. The summed E-state index contributed by atoms with van der Waals surface area (Å²) in [6.45, 7) is 6.78. The van der Waals surface area contributed by atoms with E-state index in [9.17, 15) is 8.42 Å². The minimum atomic E-state index is -3.04. The predicted octanol–water partition coefficient (Wildman–Crippen LogP) is -0.420. The van der Waals surface area contributed by atoms with Crippen molar-refractivity contribution in [3.63, 3.8) is 0 Å². The maximum absolute atomic E-state index is 11.5. The van der Waals surface area contributed by atoms with Gasteiger partial charge in [-0.25, -0.2) is 8.42 Å². The van der Waals surface area contributed by atoms with Gasteiger partial charge in [0.1, 0.15) is 0 Å². The third kappa shape index (κ3) is 4.14. The number of ether oxygens (including phenoxy) is 1. The van der Waals surface area contributed by atoms with Gasteiger partial charge in [-0.3, -0.25) is 0 Å². The van der Waals surface area contributed by atoms with E-state index in [1.807, 2.05) is 0 Å². The van der Waals surface area contributed by atoms with Gasteiger partial charge < -0.3 is 15.0 Å². The molecule has 2 fully saturated rings. The Balaban J connectivity index is 1.89. The van der Waals surface area contributed by atoms with E-state index in [0.717, 1.165) is 52.2 Å². The van der Waals surface area contributed by atoms with Crippen molar-refractivity contribution in [2.45, 2.75) is 12.8 Å². The van der Waals surface area contributed by atoms with E-state index < -0.39 is 10.0 Å². The lowest BCUT2D eigenvalue weighted by atomic mass is 9.79. The highest BCUT2D eigenvalue weighted by molar-refractivity contribution is 7.88. The van der Waals surface area contributed by atoms with E-state index in [1.165, 1.54) is 6.26 Å². The van der Waals surface area contributed by atoms with Crippen LogP contribution in [0, 0.1) is 5.41 Å². The number of nitrogens with zero attached hydrogens (tertiary/aromatic N) is 2. The molecule has 7 heteroatoms. The molecule has 2 rings (SSSR count). The zero-order valence-electron chi connectivity index (χ0n) is 12.6. The van der Waals surface area contributed by atoms with Gasteiger partial charge in [0.25, 0.3) is 0 Å². The molecule has 0 radical (unpaired) electrons. The average Bonchev–Trinajstić information content (AvgIpc) is 2.39. The molecule has 0 unspecified atom stereocenters. The van der Waals surface area contributed by atoms with Crippen LogP contribution in [0.1, 0.15) is 12.8 Å². The normalized spacial score (nSPS) is 25.7. The minimum Gasteiger partial charge on any atom is -0.384 e. The maximum atomic E-state index is 11.5. The SMILES string of the molecule is COCC1(CN2CCN(S(C)(=O)=O)CC2)CCNCC1. The molecule has 2 heterocycles. The van der Waals surface area contributed by atoms with Crippen molar-refractivity contribution in [3.05, 3.63) is 0 Å². The molecule has 118 valence electrons. The molecule has 0 saturated carbocycles. The number of piperidine rings is 1. The van der Waals surface area contributed by atoms with Crippen LogP contribution in [-0.4, -0.2) is 83.4 Å². The fourth-order valence-corrected chi connectivity index (χ4v) is 4.13. The van der Waals surface area contributed by atoms with Gasteiger partial charge in [-0.2, -0.15) is 4.31 Å². The Hall–Kier alpha value is -0.210. The number of piperazine rings is 1. The first-order chi connectivity index (χ1) is 9.45. The summed E-state index contributed by atoms with van der Waals surface area (Å²) < 4.78 is 30.1. The lowest BCUT2D eigenvalue weighted by molar-refractivity contribution is 0.0149. The van der Waals surface area contributed by atoms with Gasteiger partial charge in [0.15, 0.2) is 0 Å². The fraction of sp³-hybridized carbons (Fsp3) is 1.00. The quantitative estimate of drug-likeness (QED) is 0.747. The average molecular weight is 305 g/mol. The molecule has 0 aliphatic carbocycles. The molecule has 0 aromatic rings. The van der Waals surface area contributed by atoms with Gasteiger partial charge in [-0.05, 0) is 25.9 Å². The van der Waals surface area contributed by atoms with Crippen molar-refractivity contribution in [2.75, 3.05) is 65.8 Å². The van der Waals surface area contributed by atoms with E-state index >= 15 is 0 Å². The van der Waals surface area contributed by atoms with Crippen LogP contribution in [0.3, 0.4) is 0 Å². The highest BCUT2D eigenvalue weighted by atomic mass is 32.2. The van der Waals surface area contributed by atoms with E-state index in [1.54, 1.807) is 11.4 Å². The summed E-state index contributed by atoms with van der Waals surface area (Å²) in [4.78, 5) is 2.39. The van der Waals surface area contributed by atoms with Gasteiger partial charge in [-0.1, -0.05) is 0 Å². The third-order valence-corrected chi connectivity index (χ3v) is 5.78. The highest BCUT2D eigenvalue weighted by Crippen LogP contribution is 2.30. The van der Waals surface area contributed by atoms with Gasteiger partial charge >= 0.3 is 0 Å². The maximum Gasteiger partial charge on any atom is 0.211 e. The Bertz CT molecular complexity index is 394. The van der Waals surface area contributed by atoms with E-state index in [4.69, 9.17) is 4.74 Å². The molecule has 0 aromatic carbocycles. The largest absolute Gasteiger partial charge is 0.384 e. The van der Waals surface area contributed by atoms with Crippen LogP contribution in [0.25, 0.3) is 0 Å². The topological polar surface area (TPSA) is 61.9 Å². The molecule has 6 nitrogen and oxygen atoms in total. The summed E-state index contributed by atoms with van der Waals surface area (Å²) in [6, 6.07) is 0. The molecule has 0 amide bonds. The van der Waals surface area contributed by atoms with Crippen LogP contribution in [0.5, 0.6) is 0 Å². The summed E-state index contributed by atoms with van der Waals surface area (Å²) in [5.74, 6) is 0. The first-order valence-corrected chi connectivity index (χ1v) is 9.17. The van der Waals surface area contributed by atoms with Crippen LogP contribution >= 0.6 is 0 Å². The van der Waals surface area contributed by atoms with Gasteiger partial charge in [-0.15, -0.1) is 0 Å². The second kappa shape index (κ2) is 6.70. The molecule has 0 spiro atoms. The van der Waals surface area contributed by atoms with Crippen LogP contribution in [0.2, 0.25) is 0 Å². The van der Waals surface area contributed by atoms with Gasteiger partial charge in [0.2, 0.25) is 10.0 Å². The lowest BCUT2D eigenvalue weighted by Gasteiger charge is -2.43. The molecule has 0 aromatic heterocycles. The number of methoxy groups -OCH3 is 1. The van der Waals surface area contributed by atoms with E-state index in [-0.39, 0.29) is 5.41 Å². The Morgan fingerprint density at radius 1 is 1.15 bits per heavy atom. The predicted molar refractivity (Wildman–Crippen MR) is 79.3 cm³/mol. The Morgan fingerprint density at radius 2 is 1.75 bits per heavy atom. The molecule has 2 aliphatic rings. The zero-order valence-corrected chi connectivity index (χ0v) is 13.4. The summed E-state index contributed by atoms with van der Waals surface area (Å²) in [5.41, 5.74) is 0.229. The number of hydrogen-bond donors (Lipinski definition) is 1. The number of nitrogens with one attached hydrogen (secondary N) is 1. The molecule has 0 bridgehead atoms. The Labute approximate surface area is 122 Å². The number of hydrogen-bond acceptors (Lipinski definition) is 5. The van der Waals surface area contributed by atoms with Gasteiger partial charge in [0.05, 0.1) is 12.9 Å². The van der Waals surface area contributed by atoms with Gasteiger partial charge in [0, 0.05) is 45.2 Å². The first kappa shape index (κ1) is 16.2. The Morgan fingerprint density at radius 3 is 2.25 bits per heavy atom. The first-order valence-electron chi connectivity index (χ1n) is 7.32. The zero-order chi connectivity index (χ0) is 14.6. The van der Waals surface area contributed by atoms with Crippen LogP contribution in [0.4, 0.5) is 0 Å². The summed E-state index contributed by atoms with van der Waals surface area (Å²) >= 11 is 0. The van der Waals surface area contributed by atoms with Crippen molar-refractivity contribution >= 4 is 10.0 Å². The van der Waals surface area contributed by atoms with E-state index in [2.05, 4.69) is 10.2 Å². The second-order valence-corrected chi connectivity index (χ2v) is 8.10. The highest BCUT2D eigenvalue weighted by Gasteiger charge is 2.35. The molecule has 2 aliphatic heterocycles. The van der Waals surface area contributed by atoms with Crippen LogP contribution in [0.15, 0.2) is 0 Å². The third-order valence-electron chi connectivity index (χ3n) is 4.47. The Kier molecular flexibility index (Phi) is 5.42. The smallest absolute Gasteiger partial charge is 0.211 e. The summed E-state index contributed by atoms with van der Waals surface area (Å²) in [5, 5.41) is 3.40. The lowest BCUT2D eigenvalue weighted by Crippen LogP contribution is -2.53. The number of rotatable bonds is 5. The standard InChI is InChI=1S/C13H27N3O3S/c1-19-12-13(3-5-14-6-4-13)11-15-7-9-16(10-8-15)20(2,17)18/h14H,3-12H2,1-2H3. The molecular weight excluding hydrogens is 278 g/mol. The van der Waals surface area contributed by atoms with Crippen LogP contribution < -0.4 is 5.32 Å². The second-order valence-electron chi connectivity index (χ2n) is 6.12. The monoisotopic (exact) mass is 305 g/mol. The molecule has 20 heavy (non-hydrogen) atoms. The summed E-state index contributed by atoms with van der Waals surface area (Å²) in [7, 11) is -1.27. The molecule has 1 N–H and O–H groups in total. The molecule has 2 saturated heterocycles. The minimum absolute atomic E-state index is 0.229. The van der Waals surface area contributed by atoms with E-state index in [0.29, 0.717) is 13.1 Å². The van der Waals surface area contributed by atoms with Crippen molar-refractivity contribution in [3.8, 4) is 0 Å².